The molecule has 0 bridgehead atoms. The number of esters is 1. The number of ether oxygens (including phenoxy) is 1. The highest BCUT2D eigenvalue weighted by Gasteiger charge is 2.36. The predicted molar refractivity (Wildman–Crippen MR) is 127 cm³/mol. The summed E-state index contributed by atoms with van der Waals surface area (Å²) >= 11 is 6.40. The van der Waals surface area contributed by atoms with Crippen molar-refractivity contribution in [1.82, 2.24) is 5.32 Å². The Bertz CT molecular complexity index is 1380. The van der Waals surface area contributed by atoms with Gasteiger partial charge in [0.05, 0.1) is 18.4 Å². The highest BCUT2D eigenvalue weighted by molar-refractivity contribution is 6.39. The molecule has 9 heteroatoms. The van der Waals surface area contributed by atoms with E-state index in [4.69, 9.17) is 11.6 Å². The molecule has 0 aromatic heterocycles. The number of halogens is 2. The number of benzene rings is 3. The van der Waals surface area contributed by atoms with E-state index in [1.807, 2.05) is 0 Å². The van der Waals surface area contributed by atoms with Gasteiger partial charge in [0.25, 0.3) is 11.8 Å². The van der Waals surface area contributed by atoms with Gasteiger partial charge in [0.1, 0.15) is 11.4 Å². The normalized spacial score (nSPS) is 14.8. The number of carbonyl (C=O) groups excluding carboxylic acids is 4. The largest absolute Gasteiger partial charge is 0.465 e. The third-order valence-corrected chi connectivity index (χ3v) is 5.67. The molecule has 176 valence electrons. The summed E-state index contributed by atoms with van der Waals surface area (Å²) in [5.41, 5.74) is 2.08. The molecule has 0 unspecified atom stereocenters. The molecule has 7 nitrogen and oxygen atoms in total. The standard InChI is InChI=1S/C26H18ClFN2O5/c1-35-25(33)17-7-9-20(10-8-17)30-24(32)21(23(31)29-26(30)34)13-16-5-6-18(22(27)14-16)11-15-3-2-4-19(28)12-15/h2-10,12-14H,11H2,1H3,(H,29,31,34)/b21-13+. The van der Waals surface area contributed by atoms with Crippen molar-refractivity contribution >= 4 is 47.2 Å². The maximum Gasteiger partial charge on any atom is 0.337 e. The van der Waals surface area contributed by atoms with Crippen LogP contribution in [0.3, 0.4) is 0 Å². The fourth-order valence-corrected chi connectivity index (χ4v) is 3.84. The highest BCUT2D eigenvalue weighted by Crippen LogP contribution is 2.25. The third-order valence-electron chi connectivity index (χ3n) is 5.32. The summed E-state index contributed by atoms with van der Waals surface area (Å²) in [7, 11) is 1.24. The first-order chi connectivity index (χ1) is 16.8. The zero-order valence-corrected chi connectivity index (χ0v) is 19.1. The van der Waals surface area contributed by atoms with Crippen molar-refractivity contribution in [1.29, 1.82) is 0 Å². The molecule has 1 heterocycles. The van der Waals surface area contributed by atoms with Crippen molar-refractivity contribution in [2.24, 2.45) is 0 Å². The van der Waals surface area contributed by atoms with Gasteiger partial charge in [-0.25, -0.2) is 18.9 Å². The van der Waals surface area contributed by atoms with E-state index in [1.165, 1.54) is 49.6 Å². The molecule has 1 aliphatic heterocycles. The number of urea groups is 1. The molecular formula is C26H18ClFN2O5. The van der Waals surface area contributed by atoms with Gasteiger partial charge < -0.3 is 4.74 Å². The molecule has 0 atom stereocenters. The Balaban J connectivity index is 1.60. The number of imide groups is 2. The van der Waals surface area contributed by atoms with Crippen LogP contribution in [0, 0.1) is 5.82 Å². The average Bonchev–Trinajstić information content (AvgIpc) is 2.83. The van der Waals surface area contributed by atoms with Gasteiger partial charge in [-0.3, -0.25) is 14.9 Å². The van der Waals surface area contributed by atoms with Gasteiger partial charge in [-0.1, -0.05) is 35.9 Å². The lowest BCUT2D eigenvalue weighted by Gasteiger charge is -2.26. The zero-order chi connectivity index (χ0) is 25.1. The summed E-state index contributed by atoms with van der Waals surface area (Å²) in [6.45, 7) is 0. The second-order valence-electron chi connectivity index (χ2n) is 7.65. The zero-order valence-electron chi connectivity index (χ0n) is 18.4. The number of rotatable bonds is 5. The molecule has 4 amide bonds. The Hall–Kier alpha value is -4.30. The fraction of sp³-hybridized carbons (Fsp3) is 0.0769. The average molecular weight is 493 g/mol. The molecule has 0 spiro atoms. The number of nitrogens with zero attached hydrogens (tertiary/aromatic N) is 1. The summed E-state index contributed by atoms with van der Waals surface area (Å²) < 4.78 is 18.1. The number of carbonyl (C=O) groups is 4. The molecule has 3 aromatic carbocycles. The first-order valence-corrected chi connectivity index (χ1v) is 10.8. The molecule has 35 heavy (non-hydrogen) atoms. The second-order valence-corrected chi connectivity index (χ2v) is 8.06. The van der Waals surface area contributed by atoms with Crippen LogP contribution in [-0.4, -0.2) is 30.9 Å². The minimum absolute atomic E-state index is 0.169. The van der Waals surface area contributed by atoms with Gasteiger partial charge in [0.2, 0.25) is 0 Å². The first kappa shape index (κ1) is 23.8. The van der Waals surface area contributed by atoms with Crippen LogP contribution in [-0.2, 0) is 20.7 Å². The Morgan fingerprint density at radius 2 is 1.80 bits per heavy atom. The van der Waals surface area contributed by atoms with Crippen LogP contribution in [0.4, 0.5) is 14.9 Å². The fourth-order valence-electron chi connectivity index (χ4n) is 3.59. The van der Waals surface area contributed by atoms with Crippen LogP contribution >= 0.6 is 11.6 Å². The molecule has 1 aliphatic rings. The van der Waals surface area contributed by atoms with Gasteiger partial charge >= 0.3 is 12.0 Å². The number of nitrogens with one attached hydrogen (secondary N) is 1. The van der Waals surface area contributed by atoms with Crippen molar-refractivity contribution in [3.05, 3.63) is 105 Å². The van der Waals surface area contributed by atoms with Crippen LogP contribution in [0.2, 0.25) is 5.02 Å². The van der Waals surface area contributed by atoms with E-state index in [2.05, 4.69) is 10.1 Å². The highest BCUT2D eigenvalue weighted by atomic mass is 35.5. The lowest BCUT2D eigenvalue weighted by molar-refractivity contribution is -0.122. The lowest BCUT2D eigenvalue weighted by atomic mass is 10.0. The van der Waals surface area contributed by atoms with Crippen molar-refractivity contribution < 1.29 is 28.3 Å². The van der Waals surface area contributed by atoms with E-state index in [9.17, 15) is 23.6 Å². The quantitative estimate of drug-likeness (QED) is 0.321. The SMILES string of the molecule is COC(=O)c1ccc(N2C(=O)NC(=O)/C(=C\c3ccc(Cc4cccc(F)c4)c(Cl)c3)C2=O)cc1. The number of methoxy groups -OCH3 is 1. The van der Waals surface area contributed by atoms with E-state index < -0.39 is 23.8 Å². The Morgan fingerprint density at radius 3 is 2.46 bits per heavy atom. The van der Waals surface area contributed by atoms with Crippen molar-refractivity contribution in [3.8, 4) is 0 Å². The minimum atomic E-state index is -0.911. The van der Waals surface area contributed by atoms with E-state index in [1.54, 1.807) is 30.3 Å². The number of anilines is 1. The smallest absolute Gasteiger partial charge is 0.337 e. The maximum atomic E-state index is 13.5. The molecule has 3 aromatic rings. The summed E-state index contributed by atoms with van der Waals surface area (Å²) in [6, 6.07) is 15.8. The van der Waals surface area contributed by atoms with Gasteiger partial charge in [-0.15, -0.1) is 0 Å². The molecule has 4 rings (SSSR count). The molecule has 0 radical (unpaired) electrons. The second kappa shape index (κ2) is 9.90. The number of hydrogen-bond acceptors (Lipinski definition) is 5. The van der Waals surface area contributed by atoms with Crippen molar-refractivity contribution in [2.45, 2.75) is 6.42 Å². The summed E-state index contributed by atoms with van der Waals surface area (Å²) in [5.74, 6) is -2.59. The van der Waals surface area contributed by atoms with Gasteiger partial charge in [0.15, 0.2) is 0 Å². The van der Waals surface area contributed by atoms with Crippen LogP contribution in [0.25, 0.3) is 6.08 Å². The first-order valence-electron chi connectivity index (χ1n) is 10.4. The van der Waals surface area contributed by atoms with Gasteiger partial charge in [-0.2, -0.15) is 0 Å². The molecule has 0 saturated carbocycles. The summed E-state index contributed by atoms with van der Waals surface area (Å²) in [4.78, 5) is 50.3. The van der Waals surface area contributed by atoms with E-state index in [-0.39, 0.29) is 22.6 Å². The monoisotopic (exact) mass is 492 g/mol. The molecule has 1 N–H and O–H groups in total. The Labute approximate surface area is 204 Å². The predicted octanol–water partition coefficient (Wildman–Crippen LogP) is 4.52. The Morgan fingerprint density at radius 1 is 1.06 bits per heavy atom. The number of amides is 4. The molecule has 1 saturated heterocycles. The van der Waals surface area contributed by atoms with Gasteiger partial charge in [0, 0.05) is 5.02 Å². The van der Waals surface area contributed by atoms with Crippen LogP contribution in [0.1, 0.15) is 27.0 Å². The number of hydrogen-bond donors (Lipinski definition) is 1. The maximum absolute atomic E-state index is 13.5. The van der Waals surface area contributed by atoms with Crippen molar-refractivity contribution in [3.63, 3.8) is 0 Å². The summed E-state index contributed by atoms with van der Waals surface area (Å²) in [5, 5.41) is 2.51. The van der Waals surface area contributed by atoms with E-state index in [0.717, 1.165) is 16.0 Å². The minimum Gasteiger partial charge on any atom is -0.465 e. The third kappa shape index (κ3) is 5.12. The van der Waals surface area contributed by atoms with Crippen LogP contribution in [0.15, 0.2) is 72.3 Å². The molecular weight excluding hydrogens is 475 g/mol. The topological polar surface area (TPSA) is 92.8 Å². The Kier molecular flexibility index (Phi) is 6.75. The number of barbiturate groups is 1. The van der Waals surface area contributed by atoms with Gasteiger partial charge in [-0.05, 0) is 71.7 Å². The summed E-state index contributed by atoms with van der Waals surface area (Å²) in [6.07, 6.45) is 1.73. The van der Waals surface area contributed by atoms with Crippen LogP contribution < -0.4 is 10.2 Å². The molecule has 0 aliphatic carbocycles. The van der Waals surface area contributed by atoms with E-state index in [0.29, 0.717) is 17.0 Å². The van der Waals surface area contributed by atoms with Crippen LogP contribution in [0.5, 0.6) is 0 Å². The lowest BCUT2D eigenvalue weighted by Crippen LogP contribution is -2.54. The molecule has 1 fully saturated rings. The van der Waals surface area contributed by atoms with Crippen molar-refractivity contribution in [2.75, 3.05) is 12.0 Å². The van der Waals surface area contributed by atoms with E-state index >= 15 is 0 Å².